The first-order chi connectivity index (χ1) is 3.97. The van der Waals surface area contributed by atoms with E-state index in [1.54, 1.807) is 6.26 Å². The molecule has 0 amide bonds. The Morgan fingerprint density at radius 3 is 3.00 bits per heavy atom. The first-order valence-electron chi connectivity index (χ1n) is 2.47. The van der Waals surface area contributed by atoms with Crippen LogP contribution in [0.2, 0.25) is 0 Å². The Morgan fingerprint density at radius 2 is 2.22 bits per heavy atom. The Hall–Kier alpha value is -1.12. The SMILES string of the molecule is [B].c1cc2occc2[nH]1. The molecule has 0 aliphatic carbocycles. The number of furan rings is 1. The van der Waals surface area contributed by atoms with Crippen molar-refractivity contribution < 1.29 is 4.42 Å². The van der Waals surface area contributed by atoms with Gasteiger partial charge in [0.25, 0.3) is 0 Å². The van der Waals surface area contributed by atoms with Crippen LogP contribution in [0.5, 0.6) is 0 Å². The maximum absolute atomic E-state index is 5.03. The molecular weight excluding hydrogens is 113 g/mol. The minimum Gasteiger partial charge on any atom is -0.463 e. The molecule has 0 saturated carbocycles. The van der Waals surface area contributed by atoms with Crippen molar-refractivity contribution in [2.75, 3.05) is 0 Å². The van der Waals surface area contributed by atoms with Crippen LogP contribution in [0.3, 0.4) is 0 Å². The van der Waals surface area contributed by atoms with Gasteiger partial charge in [0.05, 0.1) is 11.8 Å². The smallest absolute Gasteiger partial charge is 0.151 e. The van der Waals surface area contributed by atoms with Gasteiger partial charge in [0.1, 0.15) is 0 Å². The Balaban J connectivity index is 0.000000405. The van der Waals surface area contributed by atoms with Gasteiger partial charge in [0.2, 0.25) is 0 Å². The highest BCUT2D eigenvalue weighted by Gasteiger charge is 1.91. The zero-order valence-corrected chi connectivity index (χ0v) is 4.79. The number of aromatic amines is 1. The van der Waals surface area contributed by atoms with Gasteiger partial charge in [-0.15, -0.1) is 0 Å². The third kappa shape index (κ3) is 0.742. The summed E-state index contributed by atoms with van der Waals surface area (Å²) in [7, 11) is 0. The molecule has 0 aliphatic rings. The largest absolute Gasteiger partial charge is 0.463 e. The van der Waals surface area contributed by atoms with Crippen LogP contribution >= 0.6 is 0 Å². The highest BCUT2D eigenvalue weighted by molar-refractivity contribution is 5.75. The Kier molecular flexibility index (Phi) is 1.34. The minimum atomic E-state index is 0. The first-order valence-corrected chi connectivity index (χ1v) is 2.47. The molecule has 9 heavy (non-hydrogen) atoms. The molecule has 2 heterocycles. The van der Waals surface area contributed by atoms with E-state index in [2.05, 4.69) is 4.98 Å². The van der Waals surface area contributed by atoms with Crippen LogP contribution in [0.1, 0.15) is 0 Å². The molecule has 0 aliphatic heterocycles. The summed E-state index contributed by atoms with van der Waals surface area (Å²) < 4.78 is 5.03. The second-order valence-corrected chi connectivity index (χ2v) is 1.68. The van der Waals surface area contributed by atoms with Crippen LogP contribution in [-0.4, -0.2) is 13.4 Å². The summed E-state index contributed by atoms with van der Waals surface area (Å²) in [4.78, 5) is 3.01. The van der Waals surface area contributed by atoms with Gasteiger partial charge >= 0.3 is 0 Å². The molecule has 1 N–H and O–H groups in total. The molecule has 0 saturated heterocycles. The molecule has 2 nitrogen and oxygen atoms in total. The van der Waals surface area contributed by atoms with E-state index >= 15 is 0 Å². The van der Waals surface area contributed by atoms with Gasteiger partial charge in [0, 0.05) is 20.7 Å². The number of hydrogen-bond acceptors (Lipinski definition) is 1. The Labute approximate surface area is 54.4 Å². The third-order valence-corrected chi connectivity index (χ3v) is 1.17. The lowest BCUT2D eigenvalue weighted by atomic mass is 10.5. The lowest BCUT2D eigenvalue weighted by Gasteiger charge is -1.66. The molecule has 0 aromatic carbocycles. The number of aromatic nitrogens is 1. The van der Waals surface area contributed by atoms with Crippen molar-refractivity contribution in [2.45, 2.75) is 0 Å². The molecule has 0 spiro atoms. The van der Waals surface area contributed by atoms with Gasteiger partial charge < -0.3 is 9.40 Å². The average Bonchev–Trinajstić information content (AvgIpc) is 2.15. The van der Waals surface area contributed by atoms with Gasteiger partial charge in [0.15, 0.2) is 5.58 Å². The first kappa shape index (κ1) is 6.01. The molecule has 0 atom stereocenters. The Bertz CT molecular complexity index is 234. The molecule has 2 aromatic heterocycles. The van der Waals surface area contributed by atoms with E-state index < -0.39 is 0 Å². The number of rotatable bonds is 0. The van der Waals surface area contributed by atoms with Crippen molar-refractivity contribution in [1.82, 2.24) is 4.98 Å². The van der Waals surface area contributed by atoms with Crippen LogP contribution < -0.4 is 0 Å². The van der Waals surface area contributed by atoms with Crippen LogP contribution in [0.4, 0.5) is 0 Å². The monoisotopic (exact) mass is 118 g/mol. The van der Waals surface area contributed by atoms with Crippen molar-refractivity contribution in [3.8, 4) is 0 Å². The summed E-state index contributed by atoms with van der Waals surface area (Å²) in [5, 5.41) is 0. The summed E-state index contributed by atoms with van der Waals surface area (Å²) in [5.74, 6) is 0. The zero-order valence-electron chi connectivity index (χ0n) is 4.79. The van der Waals surface area contributed by atoms with E-state index in [1.807, 2.05) is 18.3 Å². The lowest BCUT2D eigenvalue weighted by molar-refractivity contribution is 0.616. The van der Waals surface area contributed by atoms with E-state index in [-0.39, 0.29) is 8.41 Å². The van der Waals surface area contributed by atoms with Crippen LogP contribution in [0.25, 0.3) is 11.1 Å². The molecule has 2 aromatic rings. The number of fused-ring (bicyclic) bond motifs is 1. The molecular formula is C6H5BNO. The predicted molar refractivity (Wildman–Crippen MR) is 36.3 cm³/mol. The fraction of sp³-hybridized carbons (Fsp3) is 0. The average molecular weight is 118 g/mol. The second-order valence-electron chi connectivity index (χ2n) is 1.68. The summed E-state index contributed by atoms with van der Waals surface area (Å²) >= 11 is 0. The van der Waals surface area contributed by atoms with Crippen molar-refractivity contribution in [3.05, 3.63) is 24.6 Å². The second kappa shape index (κ2) is 2.01. The molecule has 0 unspecified atom stereocenters. The topological polar surface area (TPSA) is 28.9 Å². The van der Waals surface area contributed by atoms with Gasteiger partial charge in [-0.2, -0.15) is 0 Å². The van der Waals surface area contributed by atoms with Gasteiger partial charge in [-0.25, -0.2) is 0 Å². The summed E-state index contributed by atoms with van der Waals surface area (Å²) in [6, 6.07) is 3.80. The fourth-order valence-electron chi connectivity index (χ4n) is 0.776. The van der Waals surface area contributed by atoms with Gasteiger partial charge in [-0.1, -0.05) is 0 Å². The highest BCUT2D eigenvalue weighted by atomic mass is 16.3. The molecule has 0 bridgehead atoms. The van der Waals surface area contributed by atoms with Gasteiger partial charge in [-0.3, -0.25) is 0 Å². The number of hydrogen-bond donors (Lipinski definition) is 1. The maximum Gasteiger partial charge on any atom is 0.151 e. The van der Waals surface area contributed by atoms with Crippen LogP contribution in [0.15, 0.2) is 29.0 Å². The third-order valence-electron chi connectivity index (χ3n) is 1.17. The van der Waals surface area contributed by atoms with Crippen molar-refractivity contribution >= 4 is 19.5 Å². The highest BCUT2D eigenvalue weighted by Crippen LogP contribution is 2.10. The summed E-state index contributed by atoms with van der Waals surface area (Å²) in [5.41, 5.74) is 1.98. The normalized spacial score (nSPS) is 9.33. The van der Waals surface area contributed by atoms with E-state index in [0.717, 1.165) is 11.1 Å². The number of nitrogens with one attached hydrogen (secondary N) is 1. The summed E-state index contributed by atoms with van der Waals surface area (Å²) in [6.07, 6.45) is 3.52. The van der Waals surface area contributed by atoms with Gasteiger partial charge in [-0.05, 0) is 6.07 Å². The van der Waals surface area contributed by atoms with Crippen molar-refractivity contribution in [2.24, 2.45) is 0 Å². The molecule has 2 rings (SSSR count). The van der Waals surface area contributed by atoms with E-state index in [9.17, 15) is 0 Å². The molecule has 43 valence electrons. The minimum absolute atomic E-state index is 0. The van der Waals surface area contributed by atoms with E-state index in [4.69, 9.17) is 4.42 Å². The zero-order chi connectivity index (χ0) is 5.40. The van der Waals surface area contributed by atoms with Crippen molar-refractivity contribution in [1.29, 1.82) is 0 Å². The predicted octanol–water partition coefficient (Wildman–Crippen LogP) is 1.38. The van der Waals surface area contributed by atoms with Crippen molar-refractivity contribution in [3.63, 3.8) is 0 Å². The van der Waals surface area contributed by atoms with E-state index in [1.165, 1.54) is 0 Å². The fourth-order valence-corrected chi connectivity index (χ4v) is 0.776. The lowest BCUT2D eigenvalue weighted by Crippen LogP contribution is -1.49. The maximum atomic E-state index is 5.03. The molecule has 3 radical (unpaired) electrons. The number of H-pyrrole nitrogens is 1. The van der Waals surface area contributed by atoms with Crippen LogP contribution in [-0.2, 0) is 0 Å². The quantitative estimate of drug-likeness (QED) is 0.520. The Morgan fingerprint density at radius 1 is 1.33 bits per heavy atom. The summed E-state index contributed by atoms with van der Waals surface area (Å²) in [6.45, 7) is 0. The standard InChI is InChI=1S/C6H5NO.B/c1-3-7-5-2-4-8-6(1)5;/h1-4,7H;. The van der Waals surface area contributed by atoms with E-state index in [0.29, 0.717) is 0 Å². The van der Waals surface area contributed by atoms with Crippen LogP contribution in [0, 0.1) is 0 Å². The molecule has 0 fully saturated rings. The molecule has 3 heteroatoms.